The van der Waals surface area contributed by atoms with E-state index in [0.717, 1.165) is 10.1 Å². The maximum atomic E-state index is 12.4. The van der Waals surface area contributed by atoms with Gasteiger partial charge in [-0.25, -0.2) is 9.48 Å². The van der Waals surface area contributed by atoms with Gasteiger partial charge in [0.25, 0.3) is 5.56 Å². The Hall–Kier alpha value is -3.40. The van der Waals surface area contributed by atoms with E-state index in [-0.39, 0.29) is 18.1 Å². The molecule has 0 aliphatic heterocycles. The molecule has 0 saturated carbocycles. The van der Waals surface area contributed by atoms with E-state index in [1.54, 1.807) is 12.1 Å². The third-order valence-electron chi connectivity index (χ3n) is 4.47. The van der Waals surface area contributed by atoms with Gasteiger partial charge in [-0.15, -0.1) is 0 Å². The van der Waals surface area contributed by atoms with Gasteiger partial charge in [0.1, 0.15) is 12.1 Å². The molecular weight excluding hydrogens is 388 g/mol. The number of fused-ring (bicyclic) bond motifs is 2. The first kappa shape index (κ1) is 18.0. The molecule has 0 aliphatic carbocycles. The number of hydrogen-bond acceptors (Lipinski definition) is 6. The Labute approximate surface area is 161 Å². The number of oxazole rings is 1. The summed E-state index contributed by atoms with van der Waals surface area (Å²) < 4.78 is 9.01. The molecule has 0 unspecified atom stereocenters. The summed E-state index contributed by atoms with van der Waals surface area (Å²) in [5, 5.41) is 7.14. The Morgan fingerprint density at radius 1 is 1.25 bits per heavy atom. The van der Waals surface area contributed by atoms with Crippen molar-refractivity contribution in [1.82, 2.24) is 23.9 Å². The lowest BCUT2D eigenvalue weighted by Crippen LogP contribution is -2.37. The van der Waals surface area contributed by atoms with Crippen LogP contribution < -0.4 is 16.6 Å². The number of nitrogens with one attached hydrogen (secondary N) is 1. The van der Waals surface area contributed by atoms with Crippen molar-refractivity contribution < 1.29 is 9.21 Å². The predicted octanol–water partition coefficient (Wildman–Crippen LogP) is 1.18. The second-order valence-electron chi connectivity index (χ2n) is 6.38. The normalized spacial score (nSPS) is 11.4. The topological polar surface area (TPSA) is 117 Å². The first-order chi connectivity index (χ1) is 13.3. The molecule has 0 bridgehead atoms. The number of nitrogens with zero attached hydrogens (tertiary/aromatic N) is 5. The van der Waals surface area contributed by atoms with Crippen LogP contribution in [0.25, 0.3) is 22.1 Å². The Bertz CT molecular complexity index is 1340. The van der Waals surface area contributed by atoms with Crippen LogP contribution in [0.15, 0.2) is 32.3 Å². The number of benzene rings is 1. The predicted molar refractivity (Wildman–Crippen MR) is 103 cm³/mol. The van der Waals surface area contributed by atoms with Gasteiger partial charge in [-0.1, -0.05) is 11.6 Å². The highest BCUT2D eigenvalue weighted by Crippen LogP contribution is 2.25. The van der Waals surface area contributed by atoms with Gasteiger partial charge in [-0.3, -0.25) is 24.0 Å². The number of hydrogen-bond donors (Lipinski definition) is 1. The molecule has 0 radical (unpaired) electrons. The third-order valence-corrected chi connectivity index (χ3v) is 4.88. The van der Waals surface area contributed by atoms with Crippen LogP contribution in [0.3, 0.4) is 0 Å². The lowest BCUT2D eigenvalue weighted by Gasteiger charge is -2.06. The van der Waals surface area contributed by atoms with Gasteiger partial charge < -0.3 is 4.42 Å². The van der Waals surface area contributed by atoms with Crippen LogP contribution in [0.1, 0.15) is 5.56 Å². The minimum absolute atomic E-state index is 0.0124. The molecule has 1 N–H and O–H groups in total. The van der Waals surface area contributed by atoms with Gasteiger partial charge in [-0.05, 0) is 24.6 Å². The fourth-order valence-corrected chi connectivity index (χ4v) is 3.09. The number of carbonyl (C=O) groups is 1. The average molecular weight is 403 g/mol. The molecule has 4 rings (SSSR count). The molecule has 0 saturated heterocycles. The molecule has 1 amide bonds. The molecule has 144 valence electrons. The van der Waals surface area contributed by atoms with Crippen LogP contribution in [-0.2, 0) is 25.4 Å². The van der Waals surface area contributed by atoms with Gasteiger partial charge in [-0.2, -0.15) is 10.1 Å². The summed E-state index contributed by atoms with van der Waals surface area (Å²) in [6.45, 7) is 1.58. The van der Waals surface area contributed by atoms with Crippen molar-refractivity contribution in [3.8, 4) is 0 Å². The summed E-state index contributed by atoms with van der Waals surface area (Å²) in [5.74, 6) is -0.490. The summed E-state index contributed by atoms with van der Waals surface area (Å²) in [6.07, 6.45) is 1.37. The van der Waals surface area contributed by atoms with Crippen LogP contribution in [0.4, 0.5) is 6.01 Å². The number of amides is 1. The van der Waals surface area contributed by atoms with Gasteiger partial charge in [0.2, 0.25) is 5.91 Å². The van der Waals surface area contributed by atoms with Crippen molar-refractivity contribution in [1.29, 1.82) is 0 Å². The van der Waals surface area contributed by atoms with Crippen molar-refractivity contribution in [2.75, 3.05) is 5.32 Å². The molecule has 0 fully saturated rings. The fourth-order valence-electron chi connectivity index (χ4n) is 2.93. The molecule has 0 atom stereocenters. The van der Waals surface area contributed by atoms with Gasteiger partial charge in [0.05, 0.1) is 11.7 Å². The van der Waals surface area contributed by atoms with E-state index < -0.39 is 17.2 Å². The van der Waals surface area contributed by atoms with E-state index in [9.17, 15) is 14.4 Å². The van der Waals surface area contributed by atoms with Crippen LogP contribution in [0.5, 0.6) is 0 Å². The lowest BCUT2D eigenvalue weighted by atomic mass is 10.2. The summed E-state index contributed by atoms with van der Waals surface area (Å²) in [5.41, 5.74) is 1.32. The Kier molecular flexibility index (Phi) is 4.07. The van der Waals surface area contributed by atoms with Crippen molar-refractivity contribution in [2.45, 2.75) is 13.5 Å². The first-order valence-electron chi connectivity index (χ1n) is 8.24. The largest absolute Gasteiger partial charge is 0.423 e. The van der Waals surface area contributed by atoms with Crippen LogP contribution >= 0.6 is 11.6 Å². The van der Waals surface area contributed by atoms with Crippen LogP contribution in [0, 0.1) is 6.92 Å². The average Bonchev–Trinajstić information content (AvgIpc) is 3.22. The molecular formula is C17H15ClN6O4. The van der Waals surface area contributed by atoms with E-state index >= 15 is 0 Å². The highest BCUT2D eigenvalue weighted by Gasteiger charge is 2.17. The quantitative estimate of drug-likeness (QED) is 0.549. The minimum Gasteiger partial charge on any atom is -0.423 e. The SMILES string of the molecule is Cc1cc2oc(NC(=O)Cn3ncc4c3c(=O)n(C)c(=O)n4C)nc2cc1Cl. The monoisotopic (exact) mass is 402 g/mol. The smallest absolute Gasteiger partial charge is 0.331 e. The van der Waals surface area contributed by atoms with E-state index in [1.165, 1.54) is 29.5 Å². The molecule has 28 heavy (non-hydrogen) atoms. The molecule has 0 aliphatic rings. The van der Waals surface area contributed by atoms with Gasteiger partial charge >= 0.3 is 11.7 Å². The molecule has 11 heteroatoms. The Morgan fingerprint density at radius 3 is 2.75 bits per heavy atom. The number of carbonyl (C=O) groups excluding carboxylic acids is 1. The molecule has 4 aromatic rings. The number of aryl methyl sites for hydroxylation is 2. The van der Waals surface area contributed by atoms with Gasteiger partial charge in [0, 0.05) is 19.1 Å². The Morgan fingerprint density at radius 2 is 2.00 bits per heavy atom. The van der Waals surface area contributed by atoms with Crippen molar-refractivity contribution in [2.24, 2.45) is 14.1 Å². The third kappa shape index (κ3) is 2.78. The van der Waals surface area contributed by atoms with E-state index in [4.69, 9.17) is 16.0 Å². The minimum atomic E-state index is -0.532. The zero-order valence-corrected chi connectivity index (χ0v) is 15.9. The van der Waals surface area contributed by atoms with E-state index in [0.29, 0.717) is 21.6 Å². The maximum Gasteiger partial charge on any atom is 0.331 e. The summed E-state index contributed by atoms with van der Waals surface area (Å²) >= 11 is 6.07. The molecule has 1 aromatic carbocycles. The molecule has 10 nitrogen and oxygen atoms in total. The molecule has 3 heterocycles. The van der Waals surface area contributed by atoms with E-state index in [2.05, 4.69) is 15.4 Å². The van der Waals surface area contributed by atoms with E-state index in [1.807, 2.05) is 6.92 Å². The van der Waals surface area contributed by atoms with Gasteiger partial charge in [0.15, 0.2) is 11.1 Å². The lowest BCUT2D eigenvalue weighted by molar-refractivity contribution is -0.117. The van der Waals surface area contributed by atoms with Crippen LogP contribution in [-0.4, -0.2) is 29.8 Å². The highest BCUT2D eigenvalue weighted by molar-refractivity contribution is 6.32. The fraction of sp³-hybridized carbons (Fsp3) is 0.235. The number of rotatable bonds is 3. The van der Waals surface area contributed by atoms with Crippen molar-refractivity contribution >= 4 is 45.7 Å². The maximum absolute atomic E-state index is 12.4. The summed E-state index contributed by atoms with van der Waals surface area (Å²) in [4.78, 5) is 41.0. The highest BCUT2D eigenvalue weighted by atomic mass is 35.5. The Balaban J connectivity index is 1.64. The molecule has 3 aromatic heterocycles. The summed E-state index contributed by atoms with van der Waals surface area (Å²) in [7, 11) is 2.90. The van der Waals surface area contributed by atoms with Crippen molar-refractivity contribution in [3.63, 3.8) is 0 Å². The standard InChI is InChI=1S/C17H15ClN6O4/c1-8-4-12-10(5-9(8)18)20-16(28-12)21-13(25)7-24-14-11(6-19-24)22(2)17(27)23(3)15(14)26/h4-6H,7H2,1-3H3,(H,20,21,25). The summed E-state index contributed by atoms with van der Waals surface area (Å²) in [6, 6.07) is 3.39. The second kappa shape index (κ2) is 6.34. The number of anilines is 1. The first-order valence-corrected chi connectivity index (χ1v) is 8.62. The number of aromatic nitrogens is 5. The molecule has 0 spiro atoms. The number of halogens is 1. The van der Waals surface area contributed by atoms with Crippen LogP contribution in [0.2, 0.25) is 5.02 Å². The second-order valence-corrected chi connectivity index (χ2v) is 6.79. The zero-order chi connectivity index (χ0) is 20.2. The van der Waals surface area contributed by atoms with Crippen molar-refractivity contribution in [3.05, 3.63) is 49.8 Å². The zero-order valence-electron chi connectivity index (χ0n) is 15.2.